The van der Waals surface area contributed by atoms with Gasteiger partial charge in [-0.05, 0) is 43.2 Å². The lowest BCUT2D eigenvalue weighted by molar-refractivity contribution is -0.132. The van der Waals surface area contributed by atoms with Crippen LogP contribution in [-0.4, -0.2) is 61.9 Å². The van der Waals surface area contributed by atoms with Crippen molar-refractivity contribution in [3.63, 3.8) is 0 Å². The third-order valence-electron chi connectivity index (χ3n) is 5.73. The summed E-state index contributed by atoms with van der Waals surface area (Å²) >= 11 is 0. The zero-order chi connectivity index (χ0) is 23.6. The van der Waals surface area contributed by atoms with E-state index in [0.29, 0.717) is 42.4 Å². The van der Waals surface area contributed by atoms with Gasteiger partial charge in [-0.3, -0.25) is 9.78 Å². The van der Waals surface area contributed by atoms with Crippen molar-refractivity contribution >= 4 is 41.0 Å². The molecule has 1 aliphatic heterocycles. The number of anilines is 2. The number of halogens is 1. The van der Waals surface area contributed by atoms with Crippen LogP contribution in [-0.2, 0) is 4.79 Å². The summed E-state index contributed by atoms with van der Waals surface area (Å²) in [7, 11) is 17.8. The van der Waals surface area contributed by atoms with Gasteiger partial charge in [0.25, 0.3) is 0 Å². The van der Waals surface area contributed by atoms with Crippen molar-refractivity contribution in [1.29, 1.82) is 0 Å². The van der Waals surface area contributed by atoms with Gasteiger partial charge in [-0.1, -0.05) is 6.07 Å². The van der Waals surface area contributed by atoms with E-state index in [9.17, 15) is 9.18 Å². The first kappa shape index (κ1) is 23.0. The van der Waals surface area contributed by atoms with E-state index in [1.165, 1.54) is 19.1 Å². The van der Waals surface area contributed by atoms with Gasteiger partial charge in [0, 0.05) is 55.1 Å². The molecule has 10 heteroatoms. The molecule has 4 rings (SSSR count). The molecular formula is C23H21B3FN5O. The van der Waals surface area contributed by atoms with Crippen LogP contribution in [0.1, 0.15) is 31.5 Å². The second-order valence-corrected chi connectivity index (χ2v) is 8.34. The zero-order valence-corrected chi connectivity index (χ0v) is 18.3. The molecule has 6 nitrogen and oxygen atoms in total. The van der Waals surface area contributed by atoms with Gasteiger partial charge in [0.05, 0.1) is 29.2 Å². The van der Waals surface area contributed by atoms with Crippen molar-refractivity contribution in [1.82, 2.24) is 19.9 Å². The maximum Gasteiger partial charge on any atom is 0.219 e. The van der Waals surface area contributed by atoms with Gasteiger partial charge in [0.1, 0.15) is 17.5 Å². The number of aromatic nitrogens is 3. The first-order valence-electron chi connectivity index (χ1n) is 10.7. The Kier molecular flexibility index (Phi) is 6.54. The standard InChI is InChI=1S/C23H21B3FN5O/c1-14(33)32-13-16(7-8-20(32)23(24,25)26)22-30-19(15-4-3-9-28-12-15)11-21(31-22)29-18-6-2-5-17(27)10-18/h2-6,9-12,16,20H,7-8,13H2,1H3,(H,29,30,31)/t16-,20-/m1/s1. The zero-order valence-electron chi connectivity index (χ0n) is 18.3. The second kappa shape index (κ2) is 9.37. The molecule has 1 saturated heterocycles. The van der Waals surface area contributed by atoms with Crippen molar-refractivity contribution in [3.8, 4) is 11.3 Å². The maximum absolute atomic E-state index is 13.7. The number of carbonyl (C=O) groups is 1. The van der Waals surface area contributed by atoms with Gasteiger partial charge in [0.15, 0.2) is 0 Å². The van der Waals surface area contributed by atoms with Crippen LogP contribution in [0.5, 0.6) is 0 Å². The second-order valence-electron chi connectivity index (χ2n) is 8.34. The molecule has 0 saturated carbocycles. The van der Waals surface area contributed by atoms with Crippen LogP contribution in [0.3, 0.4) is 0 Å². The van der Waals surface area contributed by atoms with Gasteiger partial charge in [0.2, 0.25) is 5.91 Å². The van der Waals surface area contributed by atoms with Gasteiger partial charge in [-0.2, -0.15) is 0 Å². The maximum atomic E-state index is 13.7. The Labute approximate surface area is 196 Å². The molecule has 6 radical (unpaired) electrons. The third-order valence-corrected chi connectivity index (χ3v) is 5.73. The quantitative estimate of drug-likeness (QED) is 0.625. The molecule has 33 heavy (non-hydrogen) atoms. The molecule has 1 aliphatic rings. The molecule has 0 spiro atoms. The van der Waals surface area contributed by atoms with Gasteiger partial charge >= 0.3 is 0 Å². The van der Waals surface area contributed by atoms with Crippen molar-refractivity contribution in [3.05, 3.63) is 66.5 Å². The summed E-state index contributed by atoms with van der Waals surface area (Å²) in [4.78, 5) is 27.6. The van der Waals surface area contributed by atoms with Crippen molar-refractivity contribution in [2.24, 2.45) is 0 Å². The first-order valence-corrected chi connectivity index (χ1v) is 10.7. The SMILES string of the molecule is [B]C([B])([B])[C@H]1CC[C@@H](c2nc(Nc3cccc(F)c3)cc(-c3cccnc3)n2)CN1C(C)=O. The Morgan fingerprint density at radius 3 is 2.64 bits per heavy atom. The highest BCUT2D eigenvalue weighted by Crippen LogP contribution is 2.37. The molecule has 0 aliphatic carbocycles. The first-order chi connectivity index (χ1) is 15.7. The number of nitrogens with zero attached hydrogens (tertiary/aromatic N) is 4. The number of likely N-dealkylation sites (tertiary alicyclic amines) is 1. The van der Waals surface area contributed by atoms with Crippen molar-refractivity contribution < 1.29 is 9.18 Å². The molecular weight excluding hydrogens is 414 g/mol. The van der Waals surface area contributed by atoms with E-state index in [-0.39, 0.29) is 17.6 Å². The average molecular weight is 435 g/mol. The number of rotatable bonds is 5. The number of amides is 1. The largest absolute Gasteiger partial charge is 0.341 e. The number of hydrogen-bond donors (Lipinski definition) is 1. The summed E-state index contributed by atoms with van der Waals surface area (Å²) in [5.74, 6) is 0.378. The van der Waals surface area contributed by atoms with Crippen LogP contribution in [0.15, 0.2) is 54.9 Å². The van der Waals surface area contributed by atoms with E-state index in [1.807, 2.05) is 12.1 Å². The van der Waals surface area contributed by atoms with E-state index in [1.54, 1.807) is 35.5 Å². The summed E-state index contributed by atoms with van der Waals surface area (Å²) in [5.41, 5.74) is 2.03. The fourth-order valence-electron chi connectivity index (χ4n) is 4.14. The molecule has 1 amide bonds. The number of carbonyl (C=O) groups excluding carboxylic acids is 1. The third kappa shape index (κ3) is 5.43. The molecule has 1 N–H and O–H groups in total. The van der Waals surface area contributed by atoms with Crippen molar-refractivity contribution in [2.45, 2.75) is 36.8 Å². The minimum Gasteiger partial charge on any atom is -0.341 e. The summed E-state index contributed by atoms with van der Waals surface area (Å²) in [6, 6.07) is 11.1. The van der Waals surface area contributed by atoms with Crippen LogP contribution in [0.2, 0.25) is 5.11 Å². The van der Waals surface area contributed by atoms with Crippen LogP contribution in [0.25, 0.3) is 11.3 Å². The van der Waals surface area contributed by atoms with E-state index in [4.69, 9.17) is 33.5 Å². The number of benzene rings is 1. The normalized spacial score (nSPS) is 18.7. The molecule has 3 aromatic rings. The summed E-state index contributed by atoms with van der Waals surface area (Å²) in [6.07, 6.45) is 4.56. The lowest BCUT2D eigenvalue weighted by atomic mass is 9.38. The molecule has 2 aromatic heterocycles. The van der Waals surface area contributed by atoms with Crippen LogP contribution >= 0.6 is 0 Å². The monoisotopic (exact) mass is 435 g/mol. The molecule has 1 fully saturated rings. The highest BCUT2D eigenvalue weighted by Gasteiger charge is 2.37. The Morgan fingerprint density at radius 2 is 1.97 bits per heavy atom. The van der Waals surface area contributed by atoms with Crippen molar-refractivity contribution in [2.75, 3.05) is 11.9 Å². The highest BCUT2D eigenvalue weighted by molar-refractivity contribution is 6.59. The van der Waals surface area contributed by atoms with E-state index >= 15 is 0 Å². The lowest BCUT2D eigenvalue weighted by Crippen LogP contribution is -2.52. The van der Waals surface area contributed by atoms with Gasteiger partial charge < -0.3 is 10.2 Å². The fraction of sp³-hybridized carbons (Fsp3) is 0.304. The minimum absolute atomic E-state index is 0.155. The van der Waals surface area contributed by atoms with Crippen LogP contribution in [0, 0.1) is 5.82 Å². The Hall–Kier alpha value is -3.16. The number of nitrogens with one attached hydrogen (secondary N) is 1. The average Bonchev–Trinajstić information content (AvgIpc) is 2.78. The van der Waals surface area contributed by atoms with E-state index in [2.05, 4.69) is 10.3 Å². The Bertz CT molecular complexity index is 1140. The van der Waals surface area contributed by atoms with E-state index in [0.717, 1.165) is 5.56 Å². The predicted octanol–water partition coefficient (Wildman–Crippen LogP) is 3.10. The topological polar surface area (TPSA) is 71.0 Å². The van der Waals surface area contributed by atoms with Gasteiger partial charge in [-0.15, -0.1) is 5.11 Å². The molecule has 3 heterocycles. The fourth-order valence-corrected chi connectivity index (χ4v) is 4.14. The summed E-state index contributed by atoms with van der Waals surface area (Å²) < 4.78 is 13.7. The highest BCUT2D eigenvalue weighted by atomic mass is 19.1. The molecule has 2 atom stereocenters. The predicted molar refractivity (Wildman–Crippen MR) is 128 cm³/mol. The molecule has 0 unspecified atom stereocenters. The summed E-state index contributed by atoms with van der Waals surface area (Å²) in [5, 5.41) is 1.65. The Morgan fingerprint density at radius 1 is 1.15 bits per heavy atom. The van der Waals surface area contributed by atoms with Crippen LogP contribution < -0.4 is 5.32 Å². The molecule has 0 bridgehead atoms. The van der Waals surface area contributed by atoms with Gasteiger partial charge in [-0.25, -0.2) is 14.4 Å². The minimum atomic E-state index is -1.50. The molecule has 160 valence electrons. The molecule has 1 aromatic carbocycles. The van der Waals surface area contributed by atoms with E-state index < -0.39 is 11.2 Å². The number of hydrogen-bond acceptors (Lipinski definition) is 5. The summed E-state index contributed by atoms with van der Waals surface area (Å²) in [6.45, 7) is 1.80. The number of pyridine rings is 1. The number of piperidine rings is 1. The smallest absolute Gasteiger partial charge is 0.219 e. The van der Waals surface area contributed by atoms with Crippen LogP contribution in [0.4, 0.5) is 15.9 Å². The Balaban J connectivity index is 1.70. The lowest BCUT2D eigenvalue weighted by Gasteiger charge is -2.46.